The fraction of sp³-hybridized carbons (Fsp3) is 0.143. The number of hydrogen-bond acceptors (Lipinski definition) is 3. The molecule has 0 bridgehead atoms. The number of aryl methyl sites for hydroxylation is 1. The van der Waals surface area contributed by atoms with E-state index in [-0.39, 0.29) is 5.69 Å². The summed E-state index contributed by atoms with van der Waals surface area (Å²) in [5.41, 5.74) is 0.933. The third-order valence-corrected chi connectivity index (χ3v) is 1.71. The molecule has 0 heterocycles. The van der Waals surface area contributed by atoms with E-state index in [1.54, 1.807) is 19.1 Å². The lowest BCUT2D eigenvalue weighted by Crippen LogP contribution is -1.89. The first-order valence-electron chi connectivity index (χ1n) is 3.05. The molecule has 0 aliphatic rings. The fourth-order valence-electron chi connectivity index (χ4n) is 0.780. The van der Waals surface area contributed by atoms with Crippen LogP contribution in [0.15, 0.2) is 23.1 Å². The van der Waals surface area contributed by atoms with Gasteiger partial charge >= 0.3 is 0 Å². The van der Waals surface area contributed by atoms with Gasteiger partial charge in [0.1, 0.15) is 0 Å². The molecule has 1 rings (SSSR count). The second-order valence-corrected chi connectivity index (χ2v) is 2.73. The zero-order valence-electron chi connectivity index (χ0n) is 5.94. The molecule has 0 amide bonds. The van der Waals surface area contributed by atoms with Gasteiger partial charge in [-0.25, -0.2) is 0 Å². The number of hydrogen-bond donors (Lipinski definition) is 1. The average molecular weight is 169 g/mol. The quantitative estimate of drug-likeness (QED) is 0.398. The minimum atomic E-state index is -0.435. The Morgan fingerprint density at radius 2 is 2.18 bits per heavy atom. The van der Waals surface area contributed by atoms with Crippen LogP contribution >= 0.6 is 12.6 Å². The van der Waals surface area contributed by atoms with Crippen molar-refractivity contribution in [1.82, 2.24) is 0 Å². The standard InChI is InChI=1S/C7H7NO2S/c1-5-2-3-7(11)6(4-5)8(9)10/h2-4,11H,1H3. The molecule has 1 aromatic carbocycles. The van der Waals surface area contributed by atoms with Gasteiger partial charge < -0.3 is 0 Å². The summed E-state index contributed by atoms with van der Waals surface area (Å²) < 4.78 is 0. The normalized spacial score (nSPS) is 9.64. The summed E-state index contributed by atoms with van der Waals surface area (Å²) >= 11 is 3.94. The molecule has 0 aliphatic carbocycles. The second kappa shape index (κ2) is 2.92. The summed E-state index contributed by atoms with van der Waals surface area (Å²) in [6.45, 7) is 1.81. The van der Waals surface area contributed by atoms with Crippen molar-refractivity contribution in [3.63, 3.8) is 0 Å². The van der Waals surface area contributed by atoms with Crippen molar-refractivity contribution in [2.75, 3.05) is 0 Å². The highest BCUT2D eigenvalue weighted by atomic mass is 32.1. The van der Waals surface area contributed by atoms with Crippen LogP contribution in [0.3, 0.4) is 0 Å². The van der Waals surface area contributed by atoms with E-state index in [4.69, 9.17) is 0 Å². The highest BCUT2D eigenvalue weighted by Crippen LogP contribution is 2.22. The molecule has 3 nitrogen and oxygen atoms in total. The van der Waals surface area contributed by atoms with Crippen LogP contribution in [0.4, 0.5) is 5.69 Å². The summed E-state index contributed by atoms with van der Waals surface area (Å²) in [6.07, 6.45) is 0. The van der Waals surface area contributed by atoms with Gasteiger partial charge in [0.05, 0.1) is 9.82 Å². The van der Waals surface area contributed by atoms with Gasteiger partial charge in [-0.15, -0.1) is 12.6 Å². The van der Waals surface area contributed by atoms with E-state index in [0.717, 1.165) is 5.56 Å². The van der Waals surface area contributed by atoms with Gasteiger partial charge in [0, 0.05) is 6.07 Å². The molecule has 0 atom stereocenters. The minimum absolute atomic E-state index is 0.0633. The Labute approximate surface area is 69.6 Å². The van der Waals surface area contributed by atoms with Crippen molar-refractivity contribution >= 4 is 18.3 Å². The van der Waals surface area contributed by atoms with Gasteiger partial charge in [-0.3, -0.25) is 10.1 Å². The third kappa shape index (κ3) is 1.71. The van der Waals surface area contributed by atoms with Gasteiger partial charge in [-0.05, 0) is 18.6 Å². The van der Waals surface area contributed by atoms with E-state index in [0.29, 0.717) is 4.90 Å². The molecule has 11 heavy (non-hydrogen) atoms. The predicted octanol–water partition coefficient (Wildman–Crippen LogP) is 2.19. The van der Waals surface area contributed by atoms with Crippen LogP contribution in [-0.4, -0.2) is 4.92 Å². The highest BCUT2D eigenvalue weighted by molar-refractivity contribution is 7.80. The molecule has 0 saturated carbocycles. The predicted molar refractivity (Wildman–Crippen MR) is 45.1 cm³/mol. The number of rotatable bonds is 1. The molecule has 0 fully saturated rings. The Morgan fingerprint density at radius 3 is 2.64 bits per heavy atom. The summed E-state index contributed by atoms with van der Waals surface area (Å²) in [5, 5.41) is 10.3. The Bertz CT molecular complexity index is 298. The number of benzene rings is 1. The van der Waals surface area contributed by atoms with Crippen molar-refractivity contribution in [3.8, 4) is 0 Å². The maximum Gasteiger partial charge on any atom is 0.282 e. The molecule has 0 aromatic heterocycles. The van der Waals surface area contributed by atoms with Gasteiger partial charge in [0.15, 0.2) is 0 Å². The van der Waals surface area contributed by atoms with E-state index < -0.39 is 4.92 Å². The van der Waals surface area contributed by atoms with Crippen molar-refractivity contribution in [3.05, 3.63) is 33.9 Å². The van der Waals surface area contributed by atoms with E-state index in [1.807, 2.05) is 0 Å². The average Bonchev–Trinajstić information content (AvgIpc) is 1.94. The molecular weight excluding hydrogens is 162 g/mol. The molecule has 0 N–H and O–H groups in total. The SMILES string of the molecule is Cc1ccc(S)c([N+](=O)[O-])c1. The maximum atomic E-state index is 10.3. The third-order valence-electron chi connectivity index (χ3n) is 1.33. The van der Waals surface area contributed by atoms with Gasteiger partial charge in [0.25, 0.3) is 5.69 Å². The second-order valence-electron chi connectivity index (χ2n) is 2.25. The lowest BCUT2D eigenvalue weighted by molar-refractivity contribution is -0.387. The minimum Gasteiger partial charge on any atom is -0.258 e. The Hall–Kier alpha value is -1.03. The first-order chi connectivity index (χ1) is 5.11. The van der Waals surface area contributed by atoms with Crippen molar-refractivity contribution in [1.29, 1.82) is 0 Å². The fourth-order valence-corrected chi connectivity index (χ4v) is 1.00. The van der Waals surface area contributed by atoms with Crippen molar-refractivity contribution in [2.24, 2.45) is 0 Å². The molecule has 0 unspecified atom stereocenters. The molecular formula is C7H7NO2S. The van der Waals surface area contributed by atoms with Crippen LogP contribution in [0.1, 0.15) is 5.56 Å². The van der Waals surface area contributed by atoms with Crippen LogP contribution in [0, 0.1) is 17.0 Å². The maximum absolute atomic E-state index is 10.3. The summed E-state index contributed by atoms with van der Waals surface area (Å²) in [4.78, 5) is 10.3. The van der Waals surface area contributed by atoms with E-state index >= 15 is 0 Å². The largest absolute Gasteiger partial charge is 0.282 e. The van der Waals surface area contributed by atoms with Crippen LogP contribution in [0.5, 0.6) is 0 Å². The van der Waals surface area contributed by atoms with Crippen LogP contribution in [-0.2, 0) is 0 Å². The number of nitrogens with zero attached hydrogens (tertiary/aromatic N) is 1. The molecule has 4 heteroatoms. The monoisotopic (exact) mass is 169 g/mol. The zero-order chi connectivity index (χ0) is 8.43. The lowest BCUT2D eigenvalue weighted by atomic mass is 10.2. The van der Waals surface area contributed by atoms with Crippen molar-refractivity contribution in [2.45, 2.75) is 11.8 Å². The highest BCUT2D eigenvalue weighted by Gasteiger charge is 2.09. The number of nitro groups is 1. The number of nitro benzene ring substituents is 1. The molecule has 0 saturated heterocycles. The van der Waals surface area contributed by atoms with E-state index in [1.165, 1.54) is 6.07 Å². The number of thiol groups is 1. The van der Waals surface area contributed by atoms with Gasteiger partial charge in [0.2, 0.25) is 0 Å². The Kier molecular flexibility index (Phi) is 2.14. The van der Waals surface area contributed by atoms with Crippen LogP contribution in [0.2, 0.25) is 0 Å². The summed E-state index contributed by atoms with van der Waals surface area (Å²) in [6, 6.07) is 4.91. The molecule has 0 radical (unpaired) electrons. The van der Waals surface area contributed by atoms with Gasteiger partial charge in [-0.2, -0.15) is 0 Å². The molecule has 0 spiro atoms. The van der Waals surface area contributed by atoms with Gasteiger partial charge in [-0.1, -0.05) is 6.07 Å². The molecule has 0 aliphatic heterocycles. The van der Waals surface area contributed by atoms with Crippen LogP contribution in [0.25, 0.3) is 0 Å². The first-order valence-corrected chi connectivity index (χ1v) is 3.50. The van der Waals surface area contributed by atoms with Crippen molar-refractivity contribution < 1.29 is 4.92 Å². The molecule has 58 valence electrons. The summed E-state index contributed by atoms with van der Waals surface area (Å²) in [7, 11) is 0. The Morgan fingerprint density at radius 1 is 1.55 bits per heavy atom. The van der Waals surface area contributed by atoms with Crippen LogP contribution < -0.4 is 0 Å². The topological polar surface area (TPSA) is 43.1 Å². The van der Waals surface area contributed by atoms with E-state index in [9.17, 15) is 10.1 Å². The summed E-state index contributed by atoms with van der Waals surface area (Å²) in [5.74, 6) is 0. The Balaban J connectivity index is 3.23. The smallest absolute Gasteiger partial charge is 0.258 e. The molecule has 1 aromatic rings. The first kappa shape index (κ1) is 8.07. The zero-order valence-corrected chi connectivity index (χ0v) is 6.84. The lowest BCUT2D eigenvalue weighted by Gasteiger charge is -1.95. The van der Waals surface area contributed by atoms with E-state index in [2.05, 4.69) is 12.6 Å².